The molecule has 0 spiro atoms. The van der Waals surface area contributed by atoms with Gasteiger partial charge >= 0.3 is 0 Å². The fraction of sp³-hybridized carbons (Fsp3) is 0. The summed E-state index contributed by atoms with van der Waals surface area (Å²) in [7, 11) is 0. The Kier molecular flexibility index (Phi) is 1.89. The Labute approximate surface area is 82.0 Å². The lowest BCUT2D eigenvalue weighted by Gasteiger charge is -2.01. The van der Waals surface area contributed by atoms with Crippen LogP contribution < -0.4 is 5.56 Å². The Balaban J connectivity index is 3.06. The van der Waals surface area contributed by atoms with E-state index in [1.165, 1.54) is 12.4 Å². The zero-order valence-corrected chi connectivity index (χ0v) is 7.47. The number of hydrogen-bond donors (Lipinski definition) is 2. The van der Waals surface area contributed by atoms with E-state index in [0.717, 1.165) is 0 Å². The first-order chi connectivity index (χ1) is 6.61. The van der Waals surface area contributed by atoms with Crippen LogP contribution in [0.4, 0.5) is 4.39 Å². The molecule has 2 rings (SSSR count). The van der Waals surface area contributed by atoms with Gasteiger partial charge in [-0.2, -0.15) is 0 Å². The van der Waals surface area contributed by atoms with E-state index in [-0.39, 0.29) is 15.9 Å². The van der Waals surface area contributed by atoms with E-state index in [1.54, 1.807) is 0 Å². The van der Waals surface area contributed by atoms with Crippen molar-refractivity contribution in [2.75, 3.05) is 0 Å². The smallest absolute Gasteiger partial charge is 0.293 e. The van der Waals surface area contributed by atoms with E-state index < -0.39 is 17.1 Å². The minimum Gasteiger partial charge on any atom is -0.501 e. The summed E-state index contributed by atoms with van der Waals surface area (Å²) < 4.78 is 13.3. The number of pyridine rings is 2. The lowest BCUT2D eigenvalue weighted by Crippen LogP contribution is -2.07. The van der Waals surface area contributed by atoms with Crippen molar-refractivity contribution in [3.63, 3.8) is 0 Å². The van der Waals surface area contributed by atoms with Crippen LogP contribution in [-0.4, -0.2) is 15.1 Å². The first-order valence-electron chi connectivity index (χ1n) is 3.65. The number of nitrogens with one attached hydrogen (secondary N) is 1. The molecule has 2 aromatic heterocycles. The van der Waals surface area contributed by atoms with Crippen molar-refractivity contribution < 1.29 is 9.50 Å². The molecule has 0 aliphatic heterocycles. The lowest BCUT2D eigenvalue weighted by atomic mass is 10.2. The molecule has 0 saturated carbocycles. The Morgan fingerprint density at radius 1 is 1.50 bits per heavy atom. The summed E-state index contributed by atoms with van der Waals surface area (Å²) in [6.45, 7) is 0. The van der Waals surface area contributed by atoms with Gasteiger partial charge in [-0.05, 0) is 0 Å². The highest BCUT2D eigenvalue weighted by atomic mass is 35.5. The van der Waals surface area contributed by atoms with Crippen LogP contribution in [0.2, 0.25) is 5.02 Å². The summed E-state index contributed by atoms with van der Waals surface area (Å²) in [6, 6.07) is 0. The molecule has 14 heavy (non-hydrogen) atoms. The SMILES string of the molecule is O=c1[nH]c2c(Cl)cncc2c(F)c1O. The van der Waals surface area contributed by atoms with Gasteiger partial charge in [0.05, 0.1) is 15.9 Å². The van der Waals surface area contributed by atoms with Gasteiger partial charge < -0.3 is 10.1 Å². The molecule has 0 atom stereocenters. The Morgan fingerprint density at radius 3 is 2.93 bits per heavy atom. The molecule has 0 aliphatic rings. The average molecular weight is 215 g/mol. The lowest BCUT2D eigenvalue weighted by molar-refractivity contribution is 0.428. The van der Waals surface area contributed by atoms with Gasteiger partial charge in [-0.15, -0.1) is 0 Å². The summed E-state index contributed by atoms with van der Waals surface area (Å²) in [6.07, 6.45) is 2.45. The minimum absolute atomic E-state index is 0.0189. The van der Waals surface area contributed by atoms with Crippen molar-refractivity contribution in [3.8, 4) is 5.75 Å². The van der Waals surface area contributed by atoms with Crippen molar-refractivity contribution in [1.29, 1.82) is 0 Å². The van der Waals surface area contributed by atoms with Crippen molar-refractivity contribution >= 4 is 22.5 Å². The van der Waals surface area contributed by atoms with Gasteiger partial charge in [-0.1, -0.05) is 11.6 Å². The molecule has 0 amide bonds. The van der Waals surface area contributed by atoms with Gasteiger partial charge in [0.15, 0.2) is 5.82 Å². The maximum atomic E-state index is 13.3. The molecule has 72 valence electrons. The predicted octanol–water partition coefficient (Wildman–Crippen LogP) is 1.42. The van der Waals surface area contributed by atoms with Crippen molar-refractivity contribution in [2.45, 2.75) is 0 Å². The molecule has 0 radical (unpaired) electrons. The van der Waals surface area contributed by atoms with Crippen molar-refractivity contribution in [1.82, 2.24) is 9.97 Å². The summed E-state index contributed by atoms with van der Waals surface area (Å²) in [4.78, 5) is 16.9. The van der Waals surface area contributed by atoms with Crippen LogP contribution in [0.5, 0.6) is 5.75 Å². The number of nitrogens with zero attached hydrogens (tertiary/aromatic N) is 1. The number of aromatic amines is 1. The molecular weight excluding hydrogens is 211 g/mol. The zero-order chi connectivity index (χ0) is 10.3. The van der Waals surface area contributed by atoms with Crippen LogP contribution in [0.1, 0.15) is 0 Å². The van der Waals surface area contributed by atoms with Gasteiger partial charge in [0, 0.05) is 12.4 Å². The van der Waals surface area contributed by atoms with Gasteiger partial charge in [0.25, 0.3) is 5.56 Å². The van der Waals surface area contributed by atoms with E-state index in [9.17, 15) is 9.18 Å². The molecule has 0 aliphatic carbocycles. The third kappa shape index (κ3) is 1.13. The number of hydrogen-bond acceptors (Lipinski definition) is 3. The topological polar surface area (TPSA) is 66.0 Å². The van der Waals surface area contributed by atoms with Crippen LogP contribution in [0, 0.1) is 5.82 Å². The van der Waals surface area contributed by atoms with Crippen LogP contribution in [0.3, 0.4) is 0 Å². The van der Waals surface area contributed by atoms with E-state index in [4.69, 9.17) is 16.7 Å². The summed E-state index contributed by atoms with van der Waals surface area (Å²) in [5.74, 6) is -1.97. The third-order valence-corrected chi connectivity index (χ3v) is 2.08. The highest BCUT2D eigenvalue weighted by molar-refractivity contribution is 6.34. The van der Waals surface area contributed by atoms with Crippen LogP contribution in [0.25, 0.3) is 10.9 Å². The first-order valence-corrected chi connectivity index (χ1v) is 4.03. The highest BCUT2D eigenvalue weighted by Crippen LogP contribution is 2.24. The Morgan fingerprint density at radius 2 is 2.21 bits per heavy atom. The monoisotopic (exact) mass is 214 g/mol. The predicted molar refractivity (Wildman–Crippen MR) is 49.0 cm³/mol. The molecule has 2 aromatic rings. The molecule has 0 bridgehead atoms. The average Bonchev–Trinajstić information content (AvgIpc) is 2.17. The normalized spacial score (nSPS) is 10.7. The number of aromatic nitrogens is 2. The Bertz CT molecular complexity index is 567. The first kappa shape index (κ1) is 8.96. The quantitative estimate of drug-likeness (QED) is 0.697. The second-order valence-electron chi connectivity index (χ2n) is 2.66. The molecule has 0 fully saturated rings. The third-order valence-electron chi connectivity index (χ3n) is 1.80. The molecule has 4 nitrogen and oxygen atoms in total. The molecule has 2 N–H and O–H groups in total. The van der Waals surface area contributed by atoms with Crippen molar-refractivity contribution in [3.05, 3.63) is 33.6 Å². The molecular formula is C8H4ClFN2O2. The number of aromatic hydroxyl groups is 1. The maximum Gasteiger partial charge on any atom is 0.293 e. The Hall–Kier alpha value is -1.62. The summed E-state index contributed by atoms with van der Waals surface area (Å²) in [5, 5.41) is 9.11. The number of fused-ring (bicyclic) bond motifs is 1. The molecule has 2 heterocycles. The van der Waals surface area contributed by atoms with Crippen LogP contribution in [0.15, 0.2) is 17.2 Å². The maximum absolute atomic E-state index is 13.3. The van der Waals surface area contributed by atoms with Gasteiger partial charge in [-0.3, -0.25) is 9.78 Å². The van der Waals surface area contributed by atoms with E-state index >= 15 is 0 Å². The largest absolute Gasteiger partial charge is 0.501 e. The molecule has 0 aromatic carbocycles. The molecule has 0 unspecified atom stereocenters. The van der Waals surface area contributed by atoms with Gasteiger partial charge in [0.2, 0.25) is 5.75 Å². The standard InChI is InChI=1S/C8H4ClFN2O2/c9-4-2-11-1-3-5(10)7(13)8(14)12-6(3)4/h1-2,13H,(H,12,14). The fourth-order valence-electron chi connectivity index (χ4n) is 1.13. The highest BCUT2D eigenvalue weighted by Gasteiger charge is 2.12. The van der Waals surface area contributed by atoms with Crippen LogP contribution >= 0.6 is 11.6 Å². The van der Waals surface area contributed by atoms with E-state index in [1.807, 2.05) is 0 Å². The summed E-state index contributed by atoms with van der Waals surface area (Å²) in [5.41, 5.74) is -0.787. The molecule has 0 saturated heterocycles. The second kappa shape index (κ2) is 2.95. The fourth-order valence-corrected chi connectivity index (χ4v) is 1.33. The van der Waals surface area contributed by atoms with E-state index in [2.05, 4.69) is 9.97 Å². The number of H-pyrrole nitrogens is 1. The van der Waals surface area contributed by atoms with Crippen molar-refractivity contribution in [2.24, 2.45) is 0 Å². The molecule has 6 heteroatoms. The van der Waals surface area contributed by atoms with E-state index in [0.29, 0.717) is 0 Å². The minimum atomic E-state index is -1.02. The summed E-state index contributed by atoms with van der Waals surface area (Å²) >= 11 is 5.67. The number of halogens is 2. The number of rotatable bonds is 0. The second-order valence-corrected chi connectivity index (χ2v) is 3.07. The zero-order valence-electron chi connectivity index (χ0n) is 6.71. The van der Waals surface area contributed by atoms with Gasteiger partial charge in [-0.25, -0.2) is 4.39 Å². The van der Waals surface area contributed by atoms with Crippen LogP contribution in [-0.2, 0) is 0 Å². The van der Waals surface area contributed by atoms with Gasteiger partial charge in [0.1, 0.15) is 0 Å².